The Bertz CT molecular complexity index is 896. The van der Waals surface area contributed by atoms with Crippen molar-refractivity contribution in [1.82, 2.24) is 15.1 Å². The molecule has 1 atom stereocenters. The molecule has 1 heterocycles. The van der Waals surface area contributed by atoms with Crippen molar-refractivity contribution in [2.24, 2.45) is 0 Å². The van der Waals surface area contributed by atoms with E-state index in [0.717, 1.165) is 27.1 Å². The van der Waals surface area contributed by atoms with Crippen LogP contribution in [0.15, 0.2) is 51.4 Å². The first-order valence-corrected chi connectivity index (χ1v) is 9.31. The molecule has 1 aromatic heterocycles. The maximum atomic E-state index is 5.90. The first-order chi connectivity index (χ1) is 13.0. The predicted octanol–water partition coefficient (Wildman–Crippen LogP) is 4.71. The Balaban J connectivity index is 1.75. The third-order valence-electron chi connectivity index (χ3n) is 4.46. The van der Waals surface area contributed by atoms with Crippen molar-refractivity contribution < 1.29 is 13.9 Å². The van der Waals surface area contributed by atoms with Gasteiger partial charge in [-0.3, -0.25) is 4.90 Å². The quantitative estimate of drug-likeness (QED) is 0.539. The lowest BCUT2D eigenvalue weighted by Gasteiger charge is -2.23. The summed E-state index contributed by atoms with van der Waals surface area (Å²) in [5.74, 6) is 2.70. The van der Waals surface area contributed by atoms with Crippen molar-refractivity contribution in [3.63, 3.8) is 0 Å². The van der Waals surface area contributed by atoms with Gasteiger partial charge in [0, 0.05) is 22.1 Å². The highest BCUT2D eigenvalue weighted by Gasteiger charge is 2.20. The van der Waals surface area contributed by atoms with Crippen LogP contribution in [-0.4, -0.2) is 36.4 Å². The van der Waals surface area contributed by atoms with Crippen LogP contribution in [0, 0.1) is 0 Å². The summed E-state index contributed by atoms with van der Waals surface area (Å²) in [6, 6.07) is 13.5. The van der Waals surface area contributed by atoms with Crippen molar-refractivity contribution in [3.8, 4) is 23.0 Å². The molecule has 27 heavy (non-hydrogen) atoms. The number of halogens is 1. The van der Waals surface area contributed by atoms with E-state index in [1.807, 2.05) is 50.4 Å². The number of ether oxygens (including phenoxy) is 2. The van der Waals surface area contributed by atoms with E-state index >= 15 is 0 Å². The van der Waals surface area contributed by atoms with Gasteiger partial charge in [-0.1, -0.05) is 15.9 Å². The molecular weight excluding hydrogens is 410 g/mol. The van der Waals surface area contributed by atoms with E-state index in [2.05, 4.69) is 37.1 Å². The van der Waals surface area contributed by atoms with Crippen LogP contribution in [0.4, 0.5) is 0 Å². The van der Waals surface area contributed by atoms with Crippen LogP contribution in [-0.2, 0) is 6.54 Å². The third kappa shape index (κ3) is 4.48. The zero-order valence-electron chi connectivity index (χ0n) is 15.8. The molecule has 0 bridgehead atoms. The third-order valence-corrected chi connectivity index (χ3v) is 4.95. The summed E-state index contributed by atoms with van der Waals surface area (Å²) in [5, 5.41) is 8.41. The molecule has 3 aromatic rings. The van der Waals surface area contributed by atoms with Crippen LogP contribution < -0.4 is 9.47 Å². The van der Waals surface area contributed by atoms with E-state index in [0.29, 0.717) is 18.3 Å². The average molecular weight is 432 g/mol. The maximum Gasteiger partial charge on any atom is 0.247 e. The Morgan fingerprint density at radius 3 is 2.48 bits per heavy atom. The van der Waals surface area contributed by atoms with E-state index in [4.69, 9.17) is 13.9 Å². The normalized spacial score (nSPS) is 12.2. The molecule has 142 valence electrons. The van der Waals surface area contributed by atoms with Gasteiger partial charge in [0.05, 0.1) is 20.3 Å². The molecule has 2 aromatic carbocycles. The lowest BCUT2D eigenvalue weighted by Crippen LogP contribution is -2.22. The summed E-state index contributed by atoms with van der Waals surface area (Å²) in [6.07, 6.45) is 0. The van der Waals surface area contributed by atoms with Crippen molar-refractivity contribution in [3.05, 3.63) is 58.4 Å². The molecule has 0 aliphatic heterocycles. The van der Waals surface area contributed by atoms with E-state index in [1.54, 1.807) is 14.2 Å². The van der Waals surface area contributed by atoms with Crippen LogP contribution in [0.1, 0.15) is 24.4 Å². The predicted molar refractivity (Wildman–Crippen MR) is 107 cm³/mol. The van der Waals surface area contributed by atoms with Crippen LogP contribution in [0.2, 0.25) is 0 Å². The Hall–Kier alpha value is -2.38. The van der Waals surface area contributed by atoms with Gasteiger partial charge in [-0.05, 0) is 56.4 Å². The molecule has 0 saturated carbocycles. The second-order valence-electron chi connectivity index (χ2n) is 6.22. The van der Waals surface area contributed by atoms with E-state index in [1.165, 1.54) is 0 Å². The van der Waals surface area contributed by atoms with Crippen LogP contribution in [0.3, 0.4) is 0 Å². The largest absolute Gasteiger partial charge is 0.497 e. The Labute approximate surface area is 167 Å². The van der Waals surface area contributed by atoms with Gasteiger partial charge < -0.3 is 13.9 Å². The number of hydrogen-bond donors (Lipinski definition) is 0. The summed E-state index contributed by atoms with van der Waals surface area (Å²) < 4.78 is 17.5. The van der Waals surface area contributed by atoms with Crippen molar-refractivity contribution in [2.75, 3.05) is 21.3 Å². The first kappa shape index (κ1) is 19.4. The fraction of sp³-hybridized carbons (Fsp3) is 0.300. The van der Waals surface area contributed by atoms with Crippen LogP contribution in [0.25, 0.3) is 11.5 Å². The summed E-state index contributed by atoms with van der Waals surface area (Å²) in [4.78, 5) is 2.13. The molecule has 0 amide bonds. The number of benzene rings is 2. The molecule has 0 radical (unpaired) electrons. The smallest absolute Gasteiger partial charge is 0.247 e. The standard InChI is InChI=1S/C20H22BrN3O3/c1-13(24(2)12-15-11-16(21)7-10-18(15)26-4)19-22-23-20(27-19)14-5-8-17(25-3)9-6-14/h5-11,13H,12H2,1-4H3. The topological polar surface area (TPSA) is 60.6 Å². The molecule has 0 fully saturated rings. The molecule has 1 unspecified atom stereocenters. The molecule has 0 N–H and O–H groups in total. The number of rotatable bonds is 7. The van der Waals surface area contributed by atoms with Gasteiger partial charge in [-0.15, -0.1) is 10.2 Å². The zero-order chi connectivity index (χ0) is 19.4. The highest BCUT2D eigenvalue weighted by Crippen LogP contribution is 2.28. The second kappa shape index (κ2) is 8.54. The second-order valence-corrected chi connectivity index (χ2v) is 7.14. The van der Waals surface area contributed by atoms with Crippen LogP contribution >= 0.6 is 15.9 Å². The number of aromatic nitrogens is 2. The van der Waals surface area contributed by atoms with Crippen molar-refractivity contribution in [2.45, 2.75) is 19.5 Å². The lowest BCUT2D eigenvalue weighted by atomic mass is 10.1. The van der Waals surface area contributed by atoms with E-state index in [-0.39, 0.29) is 6.04 Å². The summed E-state index contributed by atoms with van der Waals surface area (Å²) in [7, 11) is 5.33. The minimum Gasteiger partial charge on any atom is -0.497 e. The molecule has 6 nitrogen and oxygen atoms in total. The fourth-order valence-corrected chi connectivity index (χ4v) is 3.13. The molecular formula is C20H22BrN3O3. The van der Waals surface area contributed by atoms with Gasteiger partial charge in [-0.2, -0.15) is 0 Å². The van der Waals surface area contributed by atoms with Gasteiger partial charge in [0.15, 0.2) is 0 Å². The van der Waals surface area contributed by atoms with Crippen molar-refractivity contribution in [1.29, 1.82) is 0 Å². The zero-order valence-corrected chi connectivity index (χ0v) is 17.4. The molecule has 3 rings (SSSR count). The van der Waals surface area contributed by atoms with Gasteiger partial charge in [-0.25, -0.2) is 0 Å². The Kier molecular flexibility index (Phi) is 6.13. The van der Waals surface area contributed by atoms with E-state index in [9.17, 15) is 0 Å². The maximum absolute atomic E-state index is 5.90. The number of methoxy groups -OCH3 is 2. The first-order valence-electron chi connectivity index (χ1n) is 8.52. The summed E-state index contributed by atoms with van der Waals surface area (Å²) >= 11 is 3.51. The minimum atomic E-state index is -0.0480. The summed E-state index contributed by atoms with van der Waals surface area (Å²) in [6.45, 7) is 2.72. The molecule has 0 spiro atoms. The fourth-order valence-electron chi connectivity index (χ4n) is 2.72. The van der Waals surface area contributed by atoms with Crippen molar-refractivity contribution >= 4 is 15.9 Å². The number of hydrogen-bond acceptors (Lipinski definition) is 6. The van der Waals surface area contributed by atoms with Gasteiger partial charge in [0.25, 0.3) is 0 Å². The Morgan fingerprint density at radius 2 is 1.81 bits per heavy atom. The van der Waals surface area contributed by atoms with Crippen LogP contribution in [0.5, 0.6) is 11.5 Å². The molecule has 7 heteroatoms. The molecule has 0 aliphatic carbocycles. The minimum absolute atomic E-state index is 0.0480. The van der Waals surface area contributed by atoms with Gasteiger partial charge in [0.1, 0.15) is 11.5 Å². The highest BCUT2D eigenvalue weighted by atomic mass is 79.9. The summed E-state index contributed by atoms with van der Waals surface area (Å²) in [5.41, 5.74) is 1.94. The molecule has 0 aliphatic rings. The van der Waals surface area contributed by atoms with Gasteiger partial charge >= 0.3 is 0 Å². The monoisotopic (exact) mass is 431 g/mol. The highest BCUT2D eigenvalue weighted by molar-refractivity contribution is 9.10. The Morgan fingerprint density at radius 1 is 1.07 bits per heavy atom. The average Bonchev–Trinajstić information content (AvgIpc) is 3.17. The number of nitrogens with zero attached hydrogens (tertiary/aromatic N) is 3. The van der Waals surface area contributed by atoms with E-state index < -0.39 is 0 Å². The SMILES string of the molecule is COc1ccc(-c2nnc(C(C)N(C)Cc3cc(Br)ccc3OC)o2)cc1. The molecule has 0 saturated heterocycles. The van der Waals surface area contributed by atoms with Gasteiger partial charge in [0.2, 0.25) is 11.8 Å². The lowest BCUT2D eigenvalue weighted by molar-refractivity contribution is 0.215.